The van der Waals surface area contributed by atoms with Crippen molar-refractivity contribution < 1.29 is 26.3 Å². The van der Waals surface area contributed by atoms with Gasteiger partial charge in [0.2, 0.25) is 0 Å². The summed E-state index contributed by atoms with van der Waals surface area (Å²) in [7, 11) is 0. The van der Waals surface area contributed by atoms with Crippen LogP contribution in [0.1, 0.15) is 47.9 Å². The lowest BCUT2D eigenvalue weighted by atomic mass is 9.90. The fourth-order valence-electron chi connectivity index (χ4n) is 3.83. The van der Waals surface area contributed by atoms with Crippen LogP contribution >= 0.6 is 0 Å². The van der Waals surface area contributed by atoms with Crippen molar-refractivity contribution in [3.05, 3.63) is 70.8 Å². The van der Waals surface area contributed by atoms with Gasteiger partial charge in [0.1, 0.15) is 0 Å². The van der Waals surface area contributed by atoms with Gasteiger partial charge in [0, 0.05) is 25.2 Å². The molecule has 0 saturated heterocycles. The zero-order valence-electron chi connectivity index (χ0n) is 16.3. The van der Waals surface area contributed by atoms with E-state index in [1.54, 1.807) is 12.1 Å². The molecule has 8 heteroatoms. The highest BCUT2D eigenvalue weighted by atomic mass is 19.4. The summed E-state index contributed by atoms with van der Waals surface area (Å²) >= 11 is 0. The Morgan fingerprint density at radius 1 is 0.667 bits per heavy atom. The summed E-state index contributed by atoms with van der Waals surface area (Å²) in [6, 6.07) is 10.5. The van der Waals surface area contributed by atoms with Gasteiger partial charge >= 0.3 is 12.4 Å². The van der Waals surface area contributed by atoms with Gasteiger partial charge in [-0.2, -0.15) is 26.3 Å². The molecule has 0 spiro atoms. The molecule has 2 N–H and O–H groups in total. The van der Waals surface area contributed by atoms with Gasteiger partial charge in [0.15, 0.2) is 0 Å². The molecule has 2 aromatic carbocycles. The number of halogens is 6. The Hall–Kier alpha value is -2.06. The zero-order valence-corrected chi connectivity index (χ0v) is 16.3. The molecule has 0 unspecified atom stereocenters. The Balaban J connectivity index is 1.59. The molecule has 3 rings (SSSR count). The number of hydrogen-bond acceptors (Lipinski definition) is 2. The van der Waals surface area contributed by atoms with E-state index in [1.165, 1.54) is 12.1 Å². The number of nitrogens with one attached hydrogen (secondary N) is 2. The molecule has 1 saturated carbocycles. The van der Waals surface area contributed by atoms with Crippen LogP contribution < -0.4 is 10.6 Å². The SMILES string of the molecule is FC(F)(F)c1cccc(CN[C@@H]2CCCC[C@H]2NCc2cccc(C(F)(F)F)c2)c1. The molecule has 30 heavy (non-hydrogen) atoms. The standard InChI is InChI=1S/C22H24F6N2/c23-21(24,25)17-7-3-5-15(11-17)13-29-19-9-1-2-10-20(19)30-14-16-6-4-8-18(12-16)22(26,27)28/h3-8,11-12,19-20,29-30H,1-2,9-10,13-14H2/t19-,20-/m1/s1. The predicted molar refractivity (Wildman–Crippen MR) is 103 cm³/mol. The molecule has 2 atom stereocenters. The molecule has 2 nitrogen and oxygen atoms in total. The van der Waals surface area contributed by atoms with Crippen LogP contribution in [0.3, 0.4) is 0 Å². The second-order valence-corrected chi connectivity index (χ2v) is 7.66. The van der Waals surface area contributed by atoms with E-state index >= 15 is 0 Å². The topological polar surface area (TPSA) is 24.1 Å². The van der Waals surface area contributed by atoms with Crippen molar-refractivity contribution in [2.24, 2.45) is 0 Å². The normalized spacial score (nSPS) is 20.3. The Labute approximate surface area is 171 Å². The third kappa shape index (κ3) is 6.22. The molecule has 0 radical (unpaired) electrons. The van der Waals surface area contributed by atoms with Gasteiger partial charge in [-0.1, -0.05) is 49.2 Å². The number of rotatable bonds is 6. The Kier molecular flexibility index (Phi) is 7.08. The van der Waals surface area contributed by atoms with Gasteiger partial charge < -0.3 is 10.6 Å². The summed E-state index contributed by atoms with van der Waals surface area (Å²) in [5.74, 6) is 0. The van der Waals surface area contributed by atoms with Crippen LogP contribution in [0.25, 0.3) is 0 Å². The largest absolute Gasteiger partial charge is 0.416 e. The van der Waals surface area contributed by atoms with Crippen molar-refractivity contribution in [2.75, 3.05) is 0 Å². The third-order valence-corrected chi connectivity index (χ3v) is 5.41. The van der Waals surface area contributed by atoms with Crippen LogP contribution in [0.15, 0.2) is 48.5 Å². The van der Waals surface area contributed by atoms with Crippen molar-refractivity contribution in [2.45, 2.75) is 63.2 Å². The maximum Gasteiger partial charge on any atom is 0.416 e. The average molecular weight is 430 g/mol. The first kappa shape index (κ1) is 22.6. The third-order valence-electron chi connectivity index (χ3n) is 5.41. The van der Waals surface area contributed by atoms with Crippen molar-refractivity contribution in [1.82, 2.24) is 10.6 Å². The quantitative estimate of drug-likeness (QED) is 0.557. The molecule has 1 aliphatic rings. The van der Waals surface area contributed by atoms with E-state index < -0.39 is 23.5 Å². The predicted octanol–water partition coefficient (Wildman–Crippen LogP) is 5.91. The molecular weight excluding hydrogens is 406 g/mol. The van der Waals surface area contributed by atoms with E-state index in [2.05, 4.69) is 10.6 Å². The number of alkyl halides is 6. The fourth-order valence-corrected chi connectivity index (χ4v) is 3.83. The summed E-state index contributed by atoms with van der Waals surface area (Å²) in [5.41, 5.74) is -0.256. The van der Waals surface area contributed by atoms with Crippen LogP contribution in [0.5, 0.6) is 0 Å². The minimum Gasteiger partial charge on any atom is -0.308 e. The first-order valence-corrected chi connectivity index (χ1v) is 9.92. The minimum absolute atomic E-state index is 0.0408. The summed E-state index contributed by atoms with van der Waals surface area (Å²) in [5, 5.41) is 6.66. The molecule has 0 aromatic heterocycles. The maximum atomic E-state index is 12.9. The molecule has 0 aliphatic heterocycles. The van der Waals surface area contributed by atoms with Gasteiger partial charge in [-0.05, 0) is 36.1 Å². The van der Waals surface area contributed by atoms with Crippen LogP contribution in [-0.4, -0.2) is 12.1 Å². The molecule has 0 amide bonds. The van der Waals surface area contributed by atoms with Crippen LogP contribution in [-0.2, 0) is 25.4 Å². The van der Waals surface area contributed by atoms with E-state index in [0.29, 0.717) is 24.2 Å². The van der Waals surface area contributed by atoms with E-state index in [4.69, 9.17) is 0 Å². The van der Waals surface area contributed by atoms with Gasteiger partial charge in [-0.3, -0.25) is 0 Å². The summed E-state index contributed by atoms with van der Waals surface area (Å²) in [4.78, 5) is 0. The number of hydrogen-bond donors (Lipinski definition) is 2. The van der Waals surface area contributed by atoms with Crippen LogP contribution in [0.4, 0.5) is 26.3 Å². The highest BCUT2D eigenvalue weighted by molar-refractivity contribution is 5.26. The lowest BCUT2D eigenvalue weighted by molar-refractivity contribution is -0.138. The monoisotopic (exact) mass is 430 g/mol. The summed E-state index contributed by atoms with van der Waals surface area (Å²) in [6.07, 6.45) is -5.03. The zero-order chi connectivity index (χ0) is 21.8. The van der Waals surface area contributed by atoms with Crippen molar-refractivity contribution >= 4 is 0 Å². The van der Waals surface area contributed by atoms with E-state index in [0.717, 1.165) is 49.9 Å². The lowest BCUT2D eigenvalue weighted by Gasteiger charge is -2.33. The second kappa shape index (κ2) is 9.39. The first-order chi connectivity index (χ1) is 14.1. The van der Waals surface area contributed by atoms with Gasteiger partial charge in [0.25, 0.3) is 0 Å². The Bertz CT molecular complexity index is 761. The van der Waals surface area contributed by atoms with Crippen molar-refractivity contribution in [3.63, 3.8) is 0 Å². The van der Waals surface area contributed by atoms with Gasteiger partial charge in [0.05, 0.1) is 11.1 Å². The Morgan fingerprint density at radius 3 is 1.43 bits per heavy atom. The van der Waals surface area contributed by atoms with Crippen molar-refractivity contribution in [1.29, 1.82) is 0 Å². The Morgan fingerprint density at radius 2 is 1.07 bits per heavy atom. The molecule has 2 aromatic rings. The lowest BCUT2D eigenvalue weighted by Crippen LogP contribution is -2.49. The summed E-state index contributed by atoms with van der Waals surface area (Å²) < 4.78 is 77.3. The first-order valence-electron chi connectivity index (χ1n) is 9.92. The maximum absolute atomic E-state index is 12.9. The second-order valence-electron chi connectivity index (χ2n) is 7.66. The fraction of sp³-hybridized carbons (Fsp3) is 0.455. The molecule has 0 heterocycles. The summed E-state index contributed by atoms with van der Waals surface area (Å²) in [6.45, 7) is 0.604. The molecule has 164 valence electrons. The van der Waals surface area contributed by atoms with Gasteiger partial charge in [-0.15, -0.1) is 0 Å². The van der Waals surface area contributed by atoms with E-state index in [9.17, 15) is 26.3 Å². The van der Waals surface area contributed by atoms with Crippen LogP contribution in [0.2, 0.25) is 0 Å². The van der Waals surface area contributed by atoms with E-state index in [-0.39, 0.29) is 12.1 Å². The molecule has 1 aliphatic carbocycles. The average Bonchev–Trinajstić information content (AvgIpc) is 2.70. The van der Waals surface area contributed by atoms with Gasteiger partial charge in [-0.25, -0.2) is 0 Å². The van der Waals surface area contributed by atoms with Crippen LogP contribution in [0, 0.1) is 0 Å². The molecule has 1 fully saturated rings. The highest BCUT2D eigenvalue weighted by Crippen LogP contribution is 2.30. The van der Waals surface area contributed by atoms with E-state index in [1.807, 2.05) is 0 Å². The smallest absolute Gasteiger partial charge is 0.308 e. The van der Waals surface area contributed by atoms with Crippen molar-refractivity contribution in [3.8, 4) is 0 Å². The molecular formula is C22H24F6N2. The molecule has 0 bridgehead atoms. The minimum atomic E-state index is -4.38. The number of benzene rings is 2. The highest BCUT2D eigenvalue weighted by Gasteiger charge is 2.31.